The van der Waals surface area contributed by atoms with Gasteiger partial charge in [0.25, 0.3) is 0 Å². The summed E-state index contributed by atoms with van der Waals surface area (Å²) in [5, 5.41) is 29.5. The van der Waals surface area contributed by atoms with Gasteiger partial charge in [0.2, 0.25) is 17.7 Å². The number of fused-ring (bicyclic) bond motifs is 1. The molecule has 6 aliphatic rings. The van der Waals surface area contributed by atoms with E-state index in [0.717, 1.165) is 179 Å². The standard InChI is InChI=1S/C20H26ClN5O.C20H25N5O.C18H28N2O2.C12H19N3.C12H24N2O.C8H9ClN2O2.C6H6BrN.CH4.ClH/c1-13-4-9-16(24-12-13)25-14-5-7-15(8-6-14)26-19(27)20(2,3)17-18(21)23-11-10-22-17;1-13-4-9-16(23-12-13)24-14-5-7-15(8-6-14)25-18-17(21-10-11-22-18)20(2,3)19(25)26;1-13-5-10-16(19-12-13)20-15-8-6-14(7-9-15)11-17(21)22-18(2,3)4;1-9-2-7-12(14-8-9)15-11-5-3-10(13)4-6-11;1-12(2,3)8-11(15)14-10-6-4-9(13)5-7-10;1-8(2,7(12)13)5-6(9)11-4-3-10-5;1-5-2-3-6(7)8-4-5;;/h4,9-12,14-15H,5-8H2,1-3H3,(H,24,25)(H,26,27);4,9-12,14-15H,5-8H2,1-3H3,(H,23,24);5,10,12,14-15H,6-9,11H2,1-4H3,(H,19,20);2,7-8,10-11H,3-6,13H2,1H3,(H,14,15);9-10H,4-8,13H2,1-3H3,(H,14,15);3-4H,1-2H3,(H,12,13);2-4H,1H3;1H4;1H. The van der Waals surface area contributed by atoms with E-state index in [1.165, 1.54) is 49.1 Å². The molecule has 9 heterocycles. The molecule has 8 aromatic heterocycles. The third-order valence-corrected chi connectivity index (χ3v) is 24.2. The fraction of sp³-hybridized carbons (Fsp3) is 0.567. The van der Waals surface area contributed by atoms with Gasteiger partial charge >= 0.3 is 11.9 Å². The molecule has 0 radical (unpaired) electrons. The summed E-state index contributed by atoms with van der Waals surface area (Å²) in [5.74, 6) is 4.17. The third-order valence-electron chi connectivity index (χ3n) is 23.2. The molecular weight excluding hydrogens is 1740 g/mol. The lowest BCUT2D eigenvalue weighted by molar-refractivity contribution is -0.156. The molecule has 0 unspecified atom stereocenters. The Kier molecular flexibility index (Phi) is 42.7. The number of pyridine rings is 5. The average molecular weight is 1890 g/mol. The first-order valence-electron chi connectivity index (χ1n) is 44.5. The SMILES string of the molecule is C.CC(C)(C(=O)O)c1nccnc1Cl.CC(C)(C)CC(=O)NC1CCC(N)CC1.Cc1ccc(Br)nc1.Cc1ccc(NC2CCC(CC(=O)OC(C)(C)C)CC2)nc1.Cc1ccc(NC2CCC(N)CC2)nc1.Cc1ccc(NC2CCC(N3C(=O)C(C)(C)c4nccnc43)CC2)nc1.Cc1ccc(NC2CCC(NC(=O)C(C)(C)c3nccnc3Cl)CC2)nc1.Cl. The van der Waals surface area contributed by atoms with E-state index >= 15 is 0 Å². The van der Waals surface area contributed by atoms with Gasteiger partial charge in [-0.15, -0.1) is 12.4 Å². The smallest absolute Gasteiger partial charge is 0.315 e. The maximum atomic E-state index is 13.0. The first kappa shape index (κ1) is 108. The van der Waals surface area contributed by atoms with Crippen molar-refractivity contribution in [3.63, 3.8) is 0 Å². The number of rotatable bonds is 18. The number of anilines is 5. The second-order valence-electron chi connectivity index (χ2n) is 38.2. The van der Waals surface area contributed by atoms with Crippen LogP contribution >= 0.6 is 51.5 Å². The van der Waals surface area contributed by atoms with E-state index in [4.69, 9.17) is 44.5 Å². The zero-order valence-corrected chi connectivity index (χ0v) is 81.3. The largest absolute Gasteiger partial charge is 0.481 e. The highest BCUT2D eigenvalue weighted by molar-refractivity contribution is 9.10. The van der Waals surface area contributed by atoms with Crippen molar-refractivity contribution in [2.45, 2.75) is 343 Å². The number of aryl methyl sites for hydroxylation is 5. The van der Waals surface area contributed by atoms with E-state index < -0.39 is 22.2 Å². The highest BCUT2D eigenvalue weighted by Gasteiger charge is 2.49. The Labute approximate surface area is 784 Å². The van der Waals surface area contributed by atoms with Crippen molar-refractivity contribution in [3.05, 3.63) is 189 Å². The number of esters is 1. The van der Waals surface area contributed by atoms with E-state index in [2.05, 4.69) is 155 Å². The highest BCUT2D eigenvalue weighted by Crippen LogP contribution is 2.43. The summed E-state index contributed by atoms with van der Waals surface area (Å²) in [6, 6.07) is 23.6. The number of carbonyl (C=O) groups excluding carboxylic acids is 4. The molecule has 0 aromatic carbocycles. The van der Waals surface area contributed by atoms with Crippen molar-refractivity contribution < 1.29 is 33.8 Å². The monoisotopic (exact) mass is 1880 g/mol. The van der Waals surface area contributed by atoms with Crippen molar-refractivity contribution >= 4 is 110 Å². The Bertz CT molecular complexity index is 4680. The Balaban J connectivity index is 0.000000236. The number of aliphatic carboxylic acids is 1. The van der Waals surface area contributed by atoms with E-state index in [-0.39, 0.29) is 82.6 Å². The van der Waals surface area contributed by atoms with Gasteiger partial charge in [0, 0.05) is 135 Å². The number of ether oxygens (including phenoxy) is 1. The van der Waals surface area contributed by atoms with Crippen LogP contribution in [-0.2, 0) is 45.0 Å². The molecule has 0 bridgehead atoms. The van der Waals surface area contributed by atoms with E-state index in [1.54, 1.807) is 18.6 Å². The number of hydrogen-bond acceptors (Lipinski definition) is 23. The molecular formula is C97H142BrCl3N20O7. The van der Waals surface area contributed by atoms with Gasteiger partial charge in [-0.25, -0.2) is 39.9 Å². The Hall–Kier alpha value is -9.19. The molecule has 5 saturated carbocycles. The summed E-state index contributed by atoms with van der Waals surface area (Å²) in [5.41, 5.74) is 16.3. The van der Waals surface area contributed by atoms with Gasteiger partial charge in [0.1, 0.15) is 38.9 Å². The Morgan fingerprint density at radius 1 is 0.469 bits per heavy atom. The van der Waals surface area contributed by atoms with Crippen molar-refractivity contribution in [3.8, 4) is 0 Å². The predicted molar refractivity (Wildman–Crippen MR) is 520 cm³/mol. The fourth-order valence-electron chi connectivity index (χ4n) is 15.6. The second kappa shape index (κ2) is 50.8. The summed E-state index contributed by atoms with van der Waals surface area (Å²) in [6.45, 7) is 32.8. The molecule has 27 nitrogen and oxygen atoms in total. The zero-order chi connectivity index (χ0) is 92.1. The molecule has 1 aliphatic heterocycles. The minimum Gasteiger partial charge on any atom is -0.481 e. The number of nitrogens with two attached hydrogens (primary N) is 2. The van der Waals surface area contributed by atoms with E-state index in [0.29, 0.717) is 66.7 Å². The minimum absolute atomic E-state index is 0. The molecule has 0 saturated heterocycles. The zero-order valence-electron chi connectivity index (χ0n) is 77.4. The third kappa shape index (κ3) is 35.6. The van der Waals surface area contributed by atoms with Crippen LogP contribution in [0, 0.1) is 46.0 Å². The molecule has 8 aromatic rings. The molecule has 11 N–H and O–H groups in total. The van der Waals surface area contributed by atoms with Crippen molar-refractivity contribution in [1.29, 1.82) is 0 Å². The minimum atomic E-state index is -1.11. The van der Waals surface area contributed by atoms with Gasteiger partial charge < -0.3 is 53.2 Å². The Morgan fingerprint density at radius 3 is 1.18 bits per heavy atom. The lowest BCUT2D eigenvalue weighted by atomic mass is 9.84. The number of carboxylic acid groups (broad SMARTS) is 1. The highest BCUT2D eigenvalue weighted by atomic mass is 79.9. The van der Waals surface area contributed by atoms with Crippen LogP contribution in [0.25, 0.3) is 0 Å². The molecule has 14 rings (SSSR count). The van der Waals surface area contributed by atoms with Gasteiger partial charge in [-0.1, -0.05) is 81.7 Å². The van der Waals surface area contributed by atoms with Gasteiger partial charge in [-0.2, -0.15) is 0 Å². The number of nitrogens with one attached hydrogen (secondary N) is 6. The summed E-state index contributed by atoms with van der Waals surface area (Å²) < 4.78 is 6.30. The number of aromatic nitrogens is 11. The van der Waals surface area contributed by atoms with Crippen molar-refractivity contribution in [1.82, 2.24) is 65.5 Å². The molecule has 5 fully saturated rings. The maximum absolute atomic E-state index is 13.0. The van der Waals surface area contributed by atoms with E-state index in [1.807, 2.05) is 148 Å². The molecule has 128 heavy (non-hydrogen) atoms. The van der Waals surface area contributed by atoms with Gasteiger partial charge in [0.15, 0.2) is 16.1 Å². The topological polar surface area (TPSA) is 384 Å². The molecule has 0 atom stereocenters. The first-order valence-corrected chi connectivity index (χ1v) is 46.1. The molecule has 0 spiro atoms. The van der Waals surface area contributed by atoms with Gasteiger partial charge in [-0.3, -0.25) is 43.8 Å². The molecule has 700 valence electrons. The van der Waals surface area contributed by atoms with Crippen LogP contribution in [0.2, 0.25) is 10.3 Å². The predicted octanol–water partition coefficient (Wildman–Crippen LogP) is 19.6. The van der Waals surface area contributed by atoms with Crippen molar-refractivity contribution in [2.24, 2.45) is 22.8 Å². The average Bonchev–Trinajstić information content (AvgIpc) is 1.59. The number of nitrogens with zero attached hydrogens (tertiary/aromatic N) is 12. The second-order valence-corrected chi connectivity index (χ2v) is 39.7. The lowest BCUT2D eigenvalue weighted by Crippen LogP contribution is -2.47. The number of amides is 3. The van der Waals surface area contributed by atoms with Crippen LogP contribution in [0.1, 0.15) is 277 Å². The molecule has 5 aliphatic carbocycles. The quantitative estimate of drug-likeness (QED) is 0.0284. The molecule has 3 amide bonds. The summed E-state index contributed by atoms with van der Waals surface area (Å²) in [4.78, 5) is 109. The lowest BCUT2D eigenvalue weighted by Gasteiger charge is -2.35. The van der Waals surface area contributed by atoms with E-state index in [9.17, 15) is 24.0 Å². The first-order chi connectivity index (χ1) is 59.5. The normalized spacial score (nSPS) is 21.0. The van der Waals surface area contributed by atoms with Gasteiger partial charge in [-0.05, 0) is 311 Å². The summed E-state index contributed by atoms with van der Waals surface area (Å²) in [6.07, 6.45) is 40.7. The maximum Gasteiger partial charge on any atom is 0.315 e. The Morgan fingerprint density at radius 2 is 0.812 bits per heavy atom. The van der Waals surface area contributed by atoms with Crippen LogP contribution in [-0.4, -0.2) is 150 Å². The van der Waals surface area contributed by atoms with Crippen LogP contribution in [0.5, 0.6) is 0 Å². The number of hydrogen-bond donors (Lipinski definition) is 9. The fourth-order valence-corrected chi connectivity index (χ4v) is 16.5. The van der Waals surface area contributed by atoms with Crippen LogP contribution in [0.15, 0.2) is 133 Å². The number of carbonyl (C=O) groups is 5. The van der Waals surface area contributed by atoms with Crippen LogP contribution in [0.4, 0.5) is 29.1 Å². The number of halogens is 4. The van der Waals surface area contributed by atoms with Crippen LogP contribution in [0.3, 0.4) is 0 Å². The molecule has 31 heteroatoms. The van der Waals surface area contributed by atoms with Gasteiger partial charge in [0.05, 0.1) is 27.9 Å². The number of carboxylic acids is 1. The van der Waals surface area contributed by atoms with Crippen LogP contribution < -0.4 is 48.3 Å². The van der Waals surface area contributed by atoms with Crippen molar-refractivity contribution in [2.75, 3.05) is 26.2 Å². The summed E-state index contributed by atoms with van der Waals surface area (Å²) in [7, 11) is 0. The summed E-state index contributed by atoms with van der Waals surface area (Å²) >= 11 is 15.1.